The molecule has 0 spiro atoms. The summed E-state index contributed by atoms with van der Waals surface area (Å²) >= 11 is 0. The number of benzene rings is 1. The van der Waals surface area contributed by atoms with Crippen molar-refractivity contribution in [3.8, 4) is 0 Å². The summed E-state index contributed by atoms with van der Waals surface area (Å²) in [5.41, 5.74) is 8.35. The molecule has 4 N–H and O–H groups in total. The van der Waals surface area contributed by atoms with Crippen LogP contribution >= 0.6 is 0 Å². The van der Waals surface area contributed by atoms with Gasteiger partial charge in [-0.15, -0.1) is 0 Å². The highest BCUT2D eigenvalue weighted by atomic mass is 19.1. The fraction of sp³-hybridized carbons (Fsp3) is 0.500. The summed E-state index contributed by atoms with van der Waals surface area (Å²) in [6.45, 7) is 2.15. The van der Waals surface area contributed by atoms with Gasteiger partial charge in [0, 0.05) is 30.4 Å². The smallest absolute Gasteiger partial charge is 0.130 e. The van der Waals surface area contributed by atoms with Gasteiger partial charge in [-0.2, -0.15) is 0 Å². The number of nitrogens with zero attached hydrogens (tertiary/aromatic N) is 2. The summed E-state index contributed by atoms with van der Waals surface area (Å²) < 4.78 is 14.2. The van der Waals surface area contributed by atoms with E-state index in [1.54, 1.807) is 12.3 Å². The molecule has 0 radical (unpaired) electrons. The molecule has 118 valence electrons. The minimum atomic E-state index is -0.491. The van der Waals surface area contributed by atoms with Gasteiger partial charge in [-0.05, 0) is 38.3 Å². The lowest BCUT2D eigenvalue weighted by atomic mass is 9.89. The monoisotopic (exact) mass is 304 g/mol. The van der Waals surface area contributed by atoms with Crippen LogP contribution < -0.4 is 11.1 Å². The molecule has 5 nitrogen and oxygen atoms in total. The van der Waals surface area contributed by atoms with Crippen LogP contribution in [-0.2, 0) is 6.54 Å². The Morgan fingerprint density at radius 1 is 1.41 bits per heavy atom. The zero-order valence-corrected chi connectivity index (χ0v) is 12.6. The third-order valence-corrected chi connectivity index (χ3v) is 4.28. The summed E-state index contributed by atoms with van der Waals surface area (Å²) in [5.74, 6) is -0.304. The maximum absolute atomic E-state index is 14.2. The van der Waals surface area contributed by atoms with E-state index in [-0.39, 0.29) is 17.9 Å². The molecule has 0 aliphatic heterocycles. The van der Waals surface area contributed by atoms with Crippen molar-refractivity contribution < 1.29 is 9.50 Å². The number of aliphatic hydroxyl groups is 1. The topological polar surface area (TPSA) is 84.1 Å². The van der Waals surface area contributed by atoms with E-state index in [1.165, 1.54) is 6.07 Å². The fourth-order valence-corrected chi connectivity index (χ4v) is 3.01. The molecular formula is C16H21FN4O. The molecule has 1 heterocycles. The number of halogens is 1. The number of hydrogen-bond donors (Lipinski definition) is 3. The van der Waals surface area contributed by atoms with E-state index < -0.39 is 6.10 Å². The molecule has 0 bridgehead atoms. The van der Waals surface area contributed by atoms with Crippen molar-refractivity contribution in [1.82, 2.24) is 15.3 Å². The Kier molecular flexibility index (Phi) is 4.33. The molecule has 1 aliphatic carbocycles. The molecule has 22 heavy (non-hydrogen) atoms. The van der Waals surface area contributed by atoms with Crippen molar-refractivity contribution in [1.29, 1.82) is 0 Å². The predicted octanol–water partition coefficient (Wildman–Crippen LogP) is 1.41. The number of aliphatic hydroxyl groups excluding tert-OH is 1. The largest absolute Gasteiger partial charge is 0.391 e. The highest BCUT2D eigenvalue weighted by Crippen LogP contribution is 2.21. The first-order valence-corrected chi connectivity index (χ1v) is 7.62. The van der Waals surface area contributed by atoms with Gasteiger partial charge in [0.15, 0.2) is 0 Å². The van der Waals surface area contributed by atoms with Gasteiger partial charge < -0.3 is 16.2 Å². The van der Waals surface area contributed by atoms with Crippen LogP contribution in [0.3, 0.4) is 0 Å². The van der Waals surface area contributed by atoms with E-state index in [0.29, 0.717) is 29.6 Å². The Balaban J connectivity index is 1.81. The van der Waals surface area contributed by atoms with E-state index in [0.717, 1.165) is 18.5 Å². The first-order valence-electron chi connectivity index (χ1n) is 7.62. The lowest BCUT2D eigenvalue weighted by Gasteiger charge is -2.32. The molecule has 3 rings (SSSR count). The molecule has 1 aromatic heterocycles. The van der Waals surface area contributed by atoms with E-state index in [2.05, 4.69) is 15.3 Å². The maximum Gasteiger partial charge on any atom is 0.130 e. The molecule has 1 saturated carbocycles. The first-order chi connectivity index (χ1) is 10.5. The quantitative estimate of drug-likeness (QED) is 0.798. The molecule has 1 aromatic carbocycles. The van der Waals surface area contributed by atoms with Crippen molar-refractivity contribution in [3.63, 3.8) is 0 Å². The third-order valence-electron chi connectivity index (χ3n) is 4.28. The van der Waals surface area contributed by atoms with Gasteiger partial charge in [-0.1, -0.05) is 0 Å². The van der Waals surface area contributed by atoms with Crippen LogP contribution in [0.25, 0.3) is 11.0 Å². The van der Waals surface area contributed by atoms with Crippen LogP contribution in [0.5, 0.6) is 0 Å². The average molecular weight is 304 g/mol. The molecule has 0 unspecified atom stereocenters. The lowest BCUT2D eigenvalue weighted by molar-refractivity contribution is 0.0817. The molecule has 3 atom stereocenters. The predicted molar refractivity (Wildman–Crippen MR) is 82.7 cm³/mol. The molecular weight excluding hydrogens is 283 g/mol. The molecule has 1 aliphatic rings. The second-order valence-corrected chi connectivity index (χ2v) is 6.03. The number of hydrogen-bond acceptors (Lipinski definition) is 5. The Bertz CT molecular complexity index is 673. The highest BCUT2D eigenvalue weighted by molar-refractivity contribution is 5.78. The number of rotatable bonds is 3. The SMILES string of the molecule is Cc1cnc2ccc(F)c(CN[C@H]3CC[C@H](N)C[C@H]3O)c2n1. The lowest BCUT2D eigenvalue weighted by Crippen LogP contribution is -2.47. The van der Waals surface area contributed by atoms with Crippen LogP contribution in [0.4, 0.5) is 4.39 Å². The van der Waals surface area contributed by atoms with Crippen LogP contribution in [-0.4, -0.2) is 33.3 Å². The fourth-order valence-electron chi connectivity index (χ4n) is 3.01. The van der Waals surface area contributed by atoms with Gasteiger partial charge in [0.05, 0.1) is 22.8 Å². The maximum atomic E-state index is 14.2. The molecule has 6 heteroatoms. The molecule has 0 amide bonds. The van der Waals surface area contributed by atoms with Gasteiger partial charge in [0.1, 0.15) is 5.82 Å². The normalized spacial score (nSPS) is 25.5. The number of nitrogens with one attached hydrogen (secondary N) is 1. The van der Waals surface area contributed by atoms with Gasteiger partial charge in [-0.3, -0.25) is 4.98 Å². The minimum absolute atomic E-state index is 0.0517. The summed E-state index contributed by atoms with van der Waals surface area (Å²) in [5, 5.41) is 13.3. The zero-order chi connectivity index (χ0) is 15.7. The summed E-state index contributed by atoms with van der Waals surface area (Å²) in [6, 6.07) is 3.04. The summed E-state index contributed by atoms with van der Waals surface area (Å²) in [7, 11) is 0. The van der Waals surface area contributed by atoms with Crippen LogP contribution in [0.2, 0.25) is 0 Å². The summed E-state index contributed by atoms with van der Waals surface area (Å²) in [4.78, 5) is 8.69. The Hall–Kier alpha value is -1.63. The van der Waals surface area contributed by atoms with Gasteiger partial charge >= 0.3 is 0 Å². The van der Waals surface area contributed by atoms with Gasteiger partial charge in [0.25, 0.3) is 0 Å². The minimum Gasteiger partial charge on any atom is -0.391 e. The summed E-state index contributed by atoms with van der Waals surface area (Å²) in [6.07, 6.45) is 3.42. The molecule has 1 fully saturated rings. The number of nitrogens with two attached hydrogens (primary N) is 1. The Morgan fingerprint density at radius 2 is 2.23 bits per heavy atom. The first kappa shape index (κ1) is 15.3. The van der Waals surface area contributed by atoms with Crippen molar-refractivity contribution >= 4 is 11.0 Å². The van der Waals surface area contributed by atoms with Gasteiger partial charge in [0.2, 0.25) is 0 Å². The van der Waals surface area contributed by atoms with Crippen LogP contribution in [0.1, 0.15) is 30.5 Å². The van der Waals surface area contributed by atoms with E-state index in [9.17, 15) is 9.50 Å². The van der Waals surface area contributed by atoms with Crippen LogP contribution in [0.15, 0.2) is 18.3 Å². The Morgan fingerprint density at radius 3 is 3.00 bits per heavy atom. The van der Waals surface area contributed by atoms with Crippen molar-refractivity contribution in [2.75, 3.05) is 0 Å². The molecule has 2 aromatic rings. The second kappa shape index (κ2) is 6.24. The van der Waals surface area contributed by atoms with E-state index >= 15 is 0 Å². The van der Waals surface area contributed by atoms with Gasteiger partial charge in [-0.25, -0.2) is 9.37 Å². The van der Waals surface area contributed by atoms with Crippen molar-refractivity contribution in [3.05, 3.63) is 35.4 Å². The van der Waals surface area contributed by atoms with Crippen molar-refractivity contribution in [2.45, 2.75) is 50.9 Å². The second-order valence-electron chi connectivity index (χ2n) is 6.03. The number of fused-ring (bicyclic) bond motifs is 1. The number of aromatic nitrogens is 2. The molecule has 0 saturated heterocycles. The van der Waals surface area contributed by atoms with E-state index in [1.807, 2.05) is 6.92 Å². The van der Waals surface area contributed by atoms with Crippen molar-refractivity contribution in [2.24, 2.45) is 5.73 Å². The highest BCUT2D eigenvalue weighted by Gasteiger charge is 2.27. The Labute approximate surface area is 128 Å². The zero-order valence-electron chi connectivity index (χ0n) is 12.6. The third kappa shape index (κ3) is 3.09. The average Bonchev–Trinajstić information content (AvgIpc) is 2.48. The number of aryl methyl sites for hydroxylation is 1. The van der Waals surface area contributed by atoms with Crippen LogP contribution in [0, 0.1) is 12.7 Å². The van der Waals surface area contributed by atoms with E-state index in [4.69, 9.17) is 5.73 Å². The standard InChI is InChI=1S/C16H21FN4O/c1-9-7-19-14-5-3-12(17)11(16(14)21-9)8-20-13-4-2-10(18)6-15(13)22/h3,5,7,10,13,15,20,22H,2,4,6,8,18H2,1H3/t10-,13-,15+/m0/s1.